The Morgan fingerprint density at radius 1 is 1.14 bits per heavy atom. The molecule has 0 aliphatic carbocycles. The molecule has 0 bridgehead atoms. The van der Waals surface area contributed by atoms with Gasteiger partial charge in [-0.2, -0.15) is 0 Å². The molecule has 3 N–H and O–H groups in total. The van der Waals surface area contributed by atoms with Gasteiger partial charge in [0.25, 0.3) is 0 Å². The maximum Gasteiger partial charge on any atom is 0.245 e. The molecule has 0 saturated carbocycles. The van der Waals surface area contributed by atoms with E-state index in [1.165, 1.54) is 6.07 Å². The van der Waals surface area contributed by atoms with Crippen LogP contribution in [0.3, 0.4) is 0 Å². The SMILES string of the molecule is Cc1nc2c(F)cc(-c3nc(Nc4ccc(N(C)CCC(=O)NO)cn4)ncc3F)cc2n1C(C)C. The Balaban J connectivity index is 1.59. The maximum absolute atomic E-state index is 14.9. The number of rotatable bonds is 8. The van der Waals surface area contributed by atoms with E-state index >= 15 is 0 Å². The Morgan fingerprint density at radius 2 is 1.92 bits per heavy atom. The number of pyridine rings is 1. The Bertz CT molecular complexity index is 1410. The molecule has 0 spiro atoms. The molecule has 0 atom stereocenters. The summed E-state index contributed by atoms with van der Waals surface area (Å²) in [5, 5.41) is 11.5. The van der Waals surface area contributed by atoms with Crippen LogP contribution in [-0.2, 0) is 4.79 Å². The molecule has 1 amide bonds. The van der Waals surface area contributed by atoms with Crippen molar-refractivity contribution >= 4 is 34.4 Å². The fraction of sp³-hybridized carbons (Fsp3) is 0.292. The summed E-state index contributed by atoms with van der Waals surface area (Å²) >= 11 is 0. The van der Waals surface area contributed by atoms with Crippen LogP contribution < -0.4 is 15.7 Å². The third-order valence-corrected chi connectivity index (χ3v) is 5.69. The maximum atomic E-state index is 14.9. The van der Waals surface area contributed by atoms with Crippen LogP contribution >= 0.6 is 0 Å². The lowest BCUT2D eigenvalue weighted by atomic mass is 10.1. The highest BCUT2D eigenvalue weighted by Crippen LogP contribution is 2.30. The summed E-state index contributed by atoms with van der Waals surface area (Å²) in [5.41, 5.74) is 3.33. The summed E-state index contributed by atoms with van der Waals surface area (Å²) < 4.78 is 31.5. The summed E-state index contributed by atoms with van der Waals surface area (Å²) in [6, 6.07) is 6.38. The van der Waals surface area contributed by atoms with Crippen LogP contribution in [0.5, 0.6) is 0 Å². The number of imidazole rings is 1. The summed E-state index contributed by atoms with van der Waals surface area (Å²) in [4.78, 5) is 29.9. The van der Waals surface area contributed by atoms with Gasteiger partial charge < -0.3 is 14.8 Å². The zero-order valence-corrected chi connectivity index (χ0v) is 20.3. The molecule has 0 fully saturated rings. The van der Waals surface area contributed by atoms with Gasteiger partial charge in [-0.15, -0.1) is 0 Å². The van der Waals surface area contributed by atoms with Crippen molar-refractivity contribution in [3.05, 3.63) is 54.1 Å². The highest BCUT2D eigenvalue weighted by atomic mass is 19.1. The molecule has 36 heavy (non-hydrogen) atoms. The second-order valence-corrected chi connectivity index (χ2v) is 8.57. The van der Waals surface area contributed by atoms with Crippen LogP contribution in [-0.4, -0.2) is 49.2 Å². The van der Waals surface area contributed by atoms with Gasteiger partial charge in [-0.25, -0.2) is 34.2 Å². The molecule has 188 valence electrons. The highest BCUT2D eigenvalue weighted by Gasteiger charge is 2.18. The Hall–Kier alpha value is -4.19. The molecule has 10 nitrogen and oxygen atoms in total. The first-order valence-corrected chi connectivity index (χ1v) is 11.3. The normalized spacial score (nSPS) is 11.2. The third kappa shape index (κ3) is 5.08. The minimum Gasteiger partial charge on any atom is -0.373 e. The van der Waals surface area contributed by atoms with Gasteiger partial charge in [0.15, 0.2) is 11.6 Å². The van der Waals surface area contributed by atoms with Crippen LogP contribution in [0.4, 0.5) is 26.2 Å². The van der Waals surface area contributed by atoms with Crippen molar-refractivity contribution in [2.45, 2.75) is 33.2 Å². The van der Waals surface area contributed by atoms with E-state index < -0.39 is 17.5 Å². The smallest absolute Gasteiger partial charge is 0.245 e. The van der Waals surface area contributed by atoms with Gasteiger partial charge in [-0.05, 0) is 45.0 Å². The molecular weight excluding hydrogens is 470 g/mol. The van der Waals surface area contributed by atoms with Crippen LogP contribution in [0.25, 0.3) is 22.3 Å². The van der Waals surface area contributed by atoms with Gasteiger partial charge >= 0.3 is 0 Å². The van der Waals surface area contributed by atoms with E-state index in [-0.39, 0.29) is 35.2 Å². The van der Waals surface area contributed by atoms with Gasteiger partial charge in [-0.1, -0.05) is 0 Å². The van der Waals surface area contributed by atoms with E-state index in [0.29, 0.717) is 23.7 Å². The average molecular weight is 497 g/mol. The number of halogens is 2. The predicted octanol–water partition coefficient (Wildman–Crippen LogP) is 4.13. The number of nitrogens with one attached hydrogen (secondary N) is 2. The number of aryl methyl sites for hydroxylation is 1. The highest BCUT2D eigenvalue weighted by molar-refractivity contribution is 5.83. The fourth-order valence-electron chi connectivity index (χ4n) is 3.94. The molecular formula is C24H26F2N8O2. The minimum atomic E-state index is -0.691. The second kappa shape index (κ2) is 10.2. The number of hydrogen-bond acceptors (Lipinski definition) is 8. The third-order valence-electron chi connectivity index (χ3n) is 5.69. The van der Waals surface area contributed by atoms with Crippen molar-refractivity contribution in [3.63, 3.8) is 0 Å². The molecule has 3 aromatic heterocycles. The van der Waals surface area contributed by atoms with Crippen molar-refractivity contribution in [2.24, 2.45) is 0 Å². The van der Waals surface area contributed by atoms with Crippen molar-refractivity contribution in [3.8, 4) is 11.3 Å². The number of aromatic nitrogens is 5. The van der Waals surface area contributed by atoms with E-state index in [1.807, 2.05) is 18.4 Å². The quantitative estimate of drug-likeness (QED) is 0.246. The second-order valence-electron chi connectivity index (χ2n) is 8.57. The molecule has 4 rings (SSSR count). The summed E-state index contributed by atoms with van der Waals surface area (Å²) in [6.45, 7) is 6.11. The number of hydrogen-bond donors (Lipinski definition) is 3. The molecule has 3 heterocycles. The summed E-state index contributed by atoms with van der Waals surface area (Å²) in [7, 11) is 1.78. The summed E-state index contributed by atoms with van der Waals surface area (Å²) in [5.74, 6) is -0.570. The van der Waals surface area contributed by atoms with Gasteiger partial charge in [0.2, 0.25) is 11.9 Å². The zero-order valence-electron chi connectivity index (χ0n) is 20.3. The molecule has 0 aliphatic heterocycles. The average Bonchev–Trinajstić information content (AvgIpc) is 3.20. The van der Waals surface area contributed by atoms with Crippen LogP contribution in [0.2, 0.25) is 0 Å². The lowest BCUT2D eigenvalue weighted by Gasteiger charge is -2.18. The minimum absolute atomic E-state index is 0.0389. The lowest BCUT2D eigenvalue weighted by Crippen LogP contribution is -2.26. The van der Waals surface area contributed by atoms with E-state index in [1.54, 1.807) is 48.7 Å². The number of benzene rings is 1. The Morgan fingerprint density at radius 3 is 2.58 bits per heavy atom. The molecule has 4 aromatic rings. The Labute approximate surface area is 206 Å². The molecule has 0 saturated heterocycles. The number of anilines is 3. The number of hydroxylamine groups is 1. The molecule has 0 aliphatic rings. The molecule has 0 radical (unpaired) electrons. The van der Waals surface area contributed by atoms with Gasteiger partial charge in [0.05, 0.1) is 23.6 Å². The monoisotopic (exact) mass is 496 g/mol. The van der Waals surface area contributed by atoms with E-state index in [0.717, 1.165) is 11.9 Å². The van der Waals surface area contributed by atoms with Crippen LogP contribution in [0.15, 0.2) is 36.7 Å². The van der Waals surface area contributed by atoms with Gasteiger partial charge in [-0.3, -0.25) is 10.0 Å². The van der Waals surface area contributed by atoms with Crippen molar-refractivity contribution in [2.75, 3.05) is 23.8 Å². The fourth-order valence-corrected chi connectivity index (χ4v) is 3.94. The molecule has 12 heteroatoms. The van der Waals surface area contributed by atoms with Crippen LogP contribution in [0, 0.1) is 18.6 Å². The lowest BCUT2D eigenvalue weighted by molar-refractivity contribution is -0.128. The van der Waals surface area contributed by atoms with Gasteiger partial charge in [0, 0.05) is 31.6 Å². The van der Waals surface area contributed by atoms with E-state index in [4.69, 9.17) is 5.21 Å². The first kappa shape index (κ1) is 24.9. The number of carbonyl (C=O) groups is 1. The number of fused-ring (bicyclic) bond motifs is 1. The number of carbonyl (C=O) groups excluding carboxylic acids is 1. The first-order valence-electron chi connectivity index (χ1n) is 11.3. The van der Waals surface area contributed by atoms with Crippen molar-refractivity contribution in [1.29, 1.82) is 0 Å². The standard InChI is InChI=1S/C24H26F2N8O2/c1-13(2)34-14(3)29-23-17(25)9-15(10-19(23)34)22-18(26)12-28-24(31-22)30-20-6-5-16(11-27-20)33(4)8-7-21(35)32-36/h5-6,9-13,36H,7-8H2,1-4H3,(H,32,35)(H,27,28,30,31). The zero-order chi connectivity index (χ0) is 26.0. The Kier molecular flexibility index (Phi) is 7.06. The van der Waals surface area contributed by atoms with Crippen molar-refractivity contribution < 1.29 is 18.8 Å². The van der Waals surface area contributed by atoms with Crippen molar-refractivity contribution in [1.82, 2.24) is 30.0 Å². The summed E-state index contributed by atoms with van der Waals surface area (Å²) in [6.07, 6.45) is 2.72. The van der Waals surface area contributed by atoms with Gasteiger partial charge in [0.1, 0.15) is 22.9 Å². The first-order chi connectivity index (χ1) is 17.2. The number of nitrogens with zero attached hydrogens (tertiary/aromatic N) is 6. The topological polar surface area (TPSA) is 121 Å². The predicted molar refractivity (Wildman–Crippen MR) is 131 cm³/mol. The van der Waals surface area contributed by atoms with Crippen LogP contribution in [0.1, 0.15) is 32.1 Å². The molecule has 0 unspecified atom stereocenters. The van der Waals surface area contributed by atoms with E-state index in [9.17, 15) is 13.6 Å². The molecule has 1 aromatic carbocycles. The largest absolute Gasteiger partial charge is 0.373 e. The number of amides is 1. The van der Waals surface area contributed by atoms with E-state index in [2.05, 4.69) is 25.3 Å².